The van der Waals surface area contributed by atoms with Gasteiger partial charge in [-0.25, -0.2) is 0 Å². The van der Waals surface area contributed by atoms with E-state index in [2.05, 4.69) is 167 Å². The highest BCUT2D eigenvalue weighted by Crippen LogP contribution is 2.46. The van der Waals surface area contributed by atoms with E-state index >= 15 is 0 Å². The number of benzene rings is 8. The molecule has 0 aliphatic heterocycles. The molecule has 0 aliphatic rings. The van der Waals surface area contributed by atoms with Crippen molar-refractivity contribution < 1.29 is 0 Å². The van der Waals surface area contributed by atoms with E-state index < -0.39 is 0 Å². The lowest BCUT2D eigenvalue weighted by Gasteiger charge is -2.09. The van der Waals surface area contributed by atoms with Crippen molar-refractivity contribution in [1.82, 2.24) is 8.97 Å². The van der Waals surface area contributed by atoms with Crippen LogP contribution in [0.25, 0.3) is 108 Å². The summed E-state index contributed by atoms with van der Waals surface area (Å²) in [6.45, 7) is 0. The second kappa shape index (κ2) is 9.25. The summed E-state index contributed by atoms with van der Waals surface area (Å²) in [5, 5.41) is 13.2. The van der Waals surface area contributed by atoms with E-state index in [1.54, 1.807) is 0 Å². The van der Waals surface area contributed by atoms with Gasteiger partial charge in [0.25, 0.3) is 0 Å². The Hall–Kier alpha value is -6.16. The Balaban J connectivity index is 1.08. The SMILES string of the molecule is c1ccc(-n2c3ccccc3c3ccc(-c4ccc5sc6c(ccc7c6ccc6c7c7cccc8c9ccccc9n6c87)c5c4)cc32)cc1. The fourth-order valence-corrected chi connectivity index (χ4v) is 9.96. The van der Waals surface area contributed by atoms with Crippen molar-refractivity contribution in [3.05, 3.63) is 158 Å². The Morgan fingerprint density at radius 3 is 1.90 bits per heavy atom. The van der Waals surface area contributed by atoms with E-state index in [-0.39, 0.29) is 0 Å². The number of thiophene rings is 1. The van der Waals surface area contributed by atoms with E-state index in [1.165, 1.54) is 108 Å². The van der Waals surface area contributed by atoms with Crippen LogP contribution >= 0.6 is 11.3 Å². The molecule has 0 saturated carbocycles. The highest BCUT2D eigenvalue weighted by atomic mass is 32.1. The number of rotatable bonds is 2. The average Bonchev–Trinajstić information content (AvgIpc) is 3.90. The van der Waals surface area contributed by atoms with Crippen LogP contribution in [0.15, 0.2) is 158 Å². The molecular weight excluding hydrogens is 613 g/mol. The number of fused-ring (bicyclic) bond motifs is 15. The normalized spacial score (nSPS) is 12.5. The first-order valence-corrected chi connectivity index (χ1v) is 17.7. The molecule has 4 aromatic heterocycles. The van der Waals surface area contributed by atoms with Gasteiger partial charge in [0.15, 0.2) is 0 Å². The van der Waals surface area contributed by atoms with Crippen LogP contribution in [-0.2, 0) is 0 Å². The van der Waals surface area contributed by atoms with Gasteiger partial charge >= 0.3 is 0 Å². The zero-order valence-corrected chi connectivity index (χ0v) is 27.1. The Morgan fingerprint density at radius 2 is 1.00 bits per heavy atom. The molecule has 0 N–H and O–H groups in total. The van der Waals surface area contributed by atoms with Gasteiger partial charge in [-0.3, -0.25) is 0 Å². The van der Waals surface area contributed by atoms with Gasteiger partial charge in [0.1, 0.15) is 0 Å². The molecule has 0 atom stereocenters. The van der Waals surface area contributed by atoms with Gasteiger partial charge in [-0.2, -0.15) is 0 Å². The molecule has 0 aliphatic carbocycles. The topological polar surface area (TPSA) is 9.34 Å². The molecule has 0 unspecified atom stereocenters. The summed E-state index contributed by atoms with van der Waals surface area (Å²) in [4.78, 5) is 0. The van der Waals surface area contributed by atoms with Gasteiger partial charge in [0.05, 0.1) is 27.6 Å². The van der Waals surface area contributed by atoms with Crippen molar-refractivity contribution in [3.8, 4) is 16.8 Å². The molecule has 12 rings (SSSR count). The summed E-state index contributed by atoms with van der Waals surface area (Å²) in [7, 11) is 0. The first-order valence-electron chi connectivity index (χ1n) is 16.9. The molecule has 226 valence electrons. The lowest BCUT2D eigenvalue weighted by molar-refractivity contribution is 1.18. The Bertz CT molecular complexity index is 3320. The standard InChI is InChI=1S/C46H26N2S/c1-2-9-29(10-3-1)47-39-15-6-4-11-30(39)32-19-17-28(26-42(32)47)27-18-24-43-38(25-27)36-21-20-33-35(46(36)49-43)22-23-41-44(33)37-14-8-13-34-31-12-5-7-16-40(31)48(41)45(34)37/h1-26H. The molecule has 0 spiro atoms. The number of hydrogen-bond acceptors (Lipinski definition) is 1. The molecule has 49 heavy (non-hydrogen) atoms. The van der Waals surface area contributed by atoms with Gasteiger partial charge in [0.2, 0.25) is 0 Å². The minimum atomic E-state index is 1.18. The minimum absolute atomic E-state index is 1.18. The van der Waals surface area contributed by atoms with Crippen LogP contribution in [0.1, 0.15) is 0 Å². The monoisotopic (exact) mass is 638 g/mol. The van der Waals surface area contributed by atoms with Crippen LogP contribution in [0, 0.1) is 0 Å². The molecule has 0 saturated heterocycles. The molecule has 2 nitrogen and oxygen atoms in total. The zero-order chi connectivity index (χ0) is 31.8. The summed E-state index contributed by atoms with van der Waals surface area (Å²) < 4.78 is 7.56. The molecule has 4 heterocycles. The molecule has 0 fully saturated rings. The largest absolute Gasteiger partial charge is 0.309 e. The fraction of sp³-hybridized carbons (Fsp3) is 0. The van der Waals surface area contributed by atoms with E-state index in [1.807, 2.05) is 11.3 Å². The summed E-state index contributed by atoms with van der Waals surface area (Å²) in [5.41, 5.74) is 10.0. The third kappa shape index (κ3) is 3.30. The zero-order valence-electron chi connectivity index (χ0n) is 26.3. The van der Waals surface area contributed by atoms with Crippen molar-refractivity contribution >= 4 is 102 Å². The Morgan fingerprint density at radius 1 is 0.367 bits per heavy atom. The molecule has 0 amide bonds. The summed E-state index contributed by atoms with van der Waals surface area (Å²) in [6, 6.07) is 58.5. The Kier molecular flexibility index (Phi) is 4.89. The highest BCUT2D eigenvalue weighted by Gasteiger charge is 2.20. The quantitative estimate of drug-likeness (QED) is 0.178. The van der Waals surface area contributed by atoms with Crippen molar-refractivity contribution in [2.75, 3.05) is 0 Å². The molecular formula is C46H26N2S. The first-order chi connectivity index (χ1) is 24.3. The van der Waals surface area contributed by atoms with Crippen LogP contribution < -0.4 is 0 Å². The number of nitrogens with zero attached hydrogens (tertiary/aromatic N) is 2. The predicted octanol–water partition coefficient (Wildman–Crippen LogP) is 13.1. The van der Waals surface area contributed by atoms with Crippen molar-refractivity contribution in [2.24, 2.45) is 0 Å². The maximum Gasteiger partial charge on any atom is 0.0620 e. The average molecular weight is 639 g/mol. The third-order valence-corrected chi connectivity index (χ3v) is 12.1. The van der Waals surface area contributed by atoms with Crippen LogP contribution in [0.2, 0.25) is 0 Å². The fourth-order valence-electron chi connectivity index (χ4n) is 8.75. The lowest BCUT2D eigenvalue weighted by atomic mass is 9.98. The smallest absolute Gasteiger partial charge is 0.0620 e. The van der Waals surface area contributed by atoms with Crippen molar-refractivity contribution in [1.29, 1.82) is 0 Å². The third-order valence-electron chi connectivity index (χ3n) is 10.8. The number of hydrogen-bond donors (Lipinski definition) is 0. The Labute approximate surface area is 284 Å². The van der Waals surface area contributed by atoms with E-state index in [9.17, 15) is 0 Å². The van der Waals surface area contributed by atoms with Gasteiger partial charge < -0.3 is 8.97 Å². The second-order valence-corrected chi connectivity index (χ2v) is 14.3. The molecule has 8 aromatic carbocycles. The van der Waals surface area contributed by atoms with Crippen molar-refractivity contribution in [3.63, 3.8) is 0 Å². The lowest BCUT2D eigenvalue weighted by Crippen LogP contribution is -1.93. The number of aromatic nitrogens is 2. The van der Waals surface area contributed by atoms with Gasteiger partial charge in [0, 0.05) is 63.6 Å². The second-order valence-electron chi connectivity index (χ2n) is 13.3. The van der Waals surface area contributed by atoms with Crippen LogP contribution in [0.4, 0.5) is 0 Å². The predicted molar refractivity (Wildman–Crippen MR) is 211 cm³/mol. The van der Waals surface area contributed by atoms with E-state index in [0.717, 1.165) is 0 Å². The van der Waals surface area contributed by atoms with Crippen LogP contribution in [-0.4, -0.2) is 8.97 Å². The van der Waals surface area contributed by atoms with Gasteiger partial charge in [-0.1, -0.05) is 109 Å². The molecule has 3 heteroatoms. The van der Waals surface area contributed by atoms with E-state index in [4.69, 9.17) is 0 Å². The minimum Gasteiger partial charge on any atom is -0.309 e. The van der Waals surface area contributed by atoms with Gasteiger partial charge in [-0.05, 0) is 65.0 Å². The highest BCUT2D eigenvalue weighted by molar-refractivity contribution is 7.26. The van der Waals surface area contributed by atoms with Crippen LogP contribution in [0.5, 0.6) is 0 Å². The summed E-state index contributed by atoms with van der Waals surface area (Å²) in [5.74, 6) is 0. The number of para-hydroxylation sites is 4. The maximum absolute atomic E-state index is 2.48. The summed E-state index contributed by atoms with van der Waals surface area (Å²) >= 11 is 1.92. The van der Waals surface area contributed by atoms with Gasteiger partial charge in [-0.15, -0.1) is 11.3 Å². The van der Waals surface area contributed by atoms with Crippen LogP contribution in [0.3, 0.4) is 0 Å². The first kappa shape index (κ1) is 25.9. The molecule has 0 radical (unpaired) electrons. The van der Waals surface area contributed by atoms with Crippen molar-refractivity contribution in [2.45, 2.75) is 0 Å². The summed E-state index contributed by atoms with van der Waals surface area (Å²) in [6.07, 6.45) is 0. The van der Waals surface area contributed by atoms with E-state index in [0.29, 0.717) is 0 Å². The maximum atomic E-state index is 2.48. The molecule has 12 aromatic rings. The molecule has 0 bridgehead atoms.